The van der Waals surface area contributed by atoms with Crippen LogP contribution in [0.4, 0.5) is 0 Å². The summed E-state index contributed by atoms with van der Waals surface area (Å²) >= 11 is 0. The van der Waals surface area contributed by atoms with Crippen molar-refractivity contribution in [3.05, 3.63) is 29.3 Å². The molecule has 2 rings (SSSR count). The molecule has 2 N–H and O–H groups in total. The number of benzene rings is 1. The highest BCUT2D eigenvalue weighted by Crippen LogP contribution is 2.42. The van der Waals surface area contributed by atoms with Crippen LogP contribution in [0.2, 0.25) is 0 Å². The number of carboxylic acids is 1. The van der Waals surface area contributed by atoms with E-state index in [4.69, 9.17) is 9.84 Å². The normalized spacial score (nSPS) is 27.1. The number of aliphatic hydroxyl groups excluding tert-OH is 1. The molecular formula is C13H16O4. The summed E-state index contributed by atoms with van der Waals surface area (Å²) in [6.45, 7) is 3.91. The van der Waals surface area contributed by atoms with E-state index in [1.54, 1.807) is 12.1 Å². The van der Waals surface area contributed by atoms with Crippen LogP contribution < -0.4 is 4.74 Å². The SMILES string of the molecule is CCC1(C)CC(O)c2c(cccc2C(=O)O)O1. The third-order valence-corrected chi connectivity index (χ3v) is 3.36. The van der Waals surface area contributed by atoms with Gasteiger partial charge in [-0.15, -0.1) is 0 Å². The summed E-state index contributed by atoms with van der Waals surface area (Å²) in [6.07, 6.45) is 0.401. The van der Waals surface area contributed by atoms with Gasteiger partial charge in [0.1, 0.15) is 11.4 Å². The molecule has 1 aromatic rings. The standard InChI is InChI=1S/C13H16O4/c1-3-13(2)7-9(14)11-8(12(15)16)5-4-6-10(11)17-13/h4-6,9,14H,3,7H2,1-2H3,(H,15,16). The lowest BCUT2D eigenvalue weighted by Crippen LogP contribution is -2.38. The van der Waals surface area contributed by atoms with Crippen molar-refractivity contribution in [2.75, 3.05) is 0 Å². The van der Waals surface area contributed by atoms with E-state index in [0.717, 1.165) is 6.42 Å². The predicted molar refractivity (Wildman–Crippen MR) is 62.3 cm³/mol. The maximum absolute atomic E-state index is 11.1. The number of fused-ring (bicyclic) bond motifs is 1. The molecule has 4 nitrogen and oxygen atoms in total. The first-order valence-electron chi connectivity index (χ1n) is 5.70. The predicted octanol–water partition coefficient (Wildman–Crippen LogP) is 2.37. The first kappa shape index (κ1) is 11.9. The maximum Gasteiger partial charge on any atom is 0.336 e. The first-order chi connectivity index (χ1) is 7.97. The van der Waals surface area contributed by atoms with Crippen molar-refractivity contribution >= 4 is 5.97 Å². The van der Waals surface area contributed by atoms with Crippen LogP contribution in [-0.4, -0.2) is 21.8 Å². The molecule has 1 aliphatic heterocycles. The number of hydrogen-bond donors (Lipinski definition) is 2. The fraction of sp³-hybridized carbons (Fsp3) is 0.462. The van der Waals surface area contributed by atoms with E-state index >= 15 is 0 Å². The van der Waals surface area contributed by atoms with Gasteiger partial charge in [-0.2, -0.15) is 0 Å². The number of carbonyl (C=O) groups is 1. The van der Waals surface area contributed by atoms with Crippen LogP contribution in [0.15, 0.2) is 18.2 Å². The van der Waals surface area contributed by atoms with E-state index < -0.39 is 17.7 Å². The van der Waals surface area contributed by atoms with Crippen molar-refractivity contribution in [2.24, 2.45) is 0 Å². The molecule has 2 atom stereocenters. The minimum Gasteiger partial charge on any atom is -0.487 e. The smallest absolute Gasteiger partial charge is 0.336 e. The molecule has 1 heterocycles. The van der Waals surface area contributed by atoms with Crippen molar-refractivity contribution in [1.29, 1.82) is 0 Å². The molecule has 92 valence electrons. The molecule has 0 aliphatic carbocycles. The monoisotopic (exact) mass is 236 g/mol. The van der Waals surface area contributed by atoms with Gasteiger partial charge in [-0.25, -0.2) is 4.79 Å². The Morgan fingerprint density at radius 3 is 2.88 bits per heavy atom. The molecule has 2 unspecified atom stereocenters. The van der Waals surface area contributed by atoms with Gasteiger partial charge < -0.3 is 14.9 Å². The Kier molecular flexibility index (Phi) is 2.83. The lowest BCUT2D eigenvalue weighted by atomic mass is 9.86. The highest BCUT2D eigenvalue weighted by atomic mass is 16.5. The van der Waals surface area contributed by atoms with Crippen molar-refractivity contribution in [3.63, 3.8) is 0 Å². The van der Waals surface area contributed by atoms with Crippen LogP contribution in [-0.2, 0) is 0 Å². The number of ether oxygens (including phenoxy) is 1. The summed E-state index contributed by atoms with van der Waals surface area (Å²) < 4.78 is 5.81. The van der Waals surface area contributed by atoms with Crippen LogP contribution in [0, 0.1) is 0 Å². The van der Waals surface area contributed by atoms with Crippen LogP contribution in [0.3, 0.4) is 0 Å². The molecule has 0 spiro atoms. The van der Waals surface area contributed by atoms with Gasteiger partial charge in [0, 0.05) is 12.0 Å². The fourth-order valence-corrected chi connectivity index (χ4v) is 2.20. The van der Waals surface area contributed by atoms with E-state index in [9.17, 15) is 9.90 Å². The zero-order chi connectivity index (χ0) is 12.6. The first-order valence-corrected chi connectivity index (χ1v) is 5.70. The van der Waals surface area contributed by atoms with E-state index in [2.05, 4.69) is 0 Å². The Bertz CT molecular complexity index is 455. The Morgan fingerprint density at radius 1 is 1.59 bits per heavy atom. The number of hydrogen-bond acceptors (Lipinski definition) is 3. The van der Waals surface area contributed by atoms with Gasteiger partial charge in [-0.1, -0.05) is 13.0 Å². The third kappa shape index (κ3) is 2.00. The lowest BCUT2D eigenvalue weighted by molar-refractivity contribution is -0.00472. The summed E-state index contributed by atoms with van der Waals surface area (Å²) in [5, 5.41) is 19.2. The average molecular weight is 236 g/mol. The molecule has 4 heteroatoms. The number of aliphatic hydroxyl groups is 1. The minimum atomic E-state index is -1.04. The van der Waals surface area contributed by atoms with E-state index in [-0.39, 0.29) is 5.56 Å². The quantitative estimate of drug-likeness (QED) is 0.827. The molecule has 1 aromatic carbocycles. The number of rotatable bonds is 2. The van der Waals surface area contributed by atoms with Crippen molar-refractivity contribution < 1.29 is 19.7 Å². The topological polar surface area (TPSA) is 66.8 Å². The summed E-state index contributed by atoms with van der Waals surface area (Å²) in [5.41, 5.74) is 0.0860. The highest BCUT2D eigenvalue weighted by Gasteiger charge is 2.37. The summed E-state index contributed by atoms with van der Waals surface area (Å²) in [7, 11) is 0. The lowest BCUT2D eigenvalue weighted by Gasteiger charge is -2.38. The summed E-state index contributed by atoms with van der Waals surface area (Å²) in [5.74, 6) is -0.558. The van der Waals surface area contributed by atoms with Gasteiger partial charge in [0.05, 0.1) is 11.7 Å². The molecule has 0 saturated carbocycles. The van der Waals surface area contributed by atoms with Gasteiger partial charge in [-0.05, 0) is 25.5 Å². The van der Waals surface area contributed by atoms with Crippen LogP contribution in [0.25, 0.3) is 0 Å². The van der Waals surface area contributed by atoms with Crippen molar-refractivity contribution in [3.8, 4) is 5.75 Å². The molecule has 0 saturated heterocycles. The van der Waals surface area contributed by atoms with Gasteiger partial charge in [0.2, 0.25) is 0 Å². The molecule has 0 aromatic heterocycles. The third-order valence-electron chi connectivity index (χ3n) is 3.36. The summed E-state index contributed by atoms with van der Waals surface area (Å²) in [4.78, 5) is 11.1. The van der Waals surface area contributed by atoms with Crippen LogP contribution in [0.1, 0.15) is 48.7 Å². The Labute approximate surface area is 99.8 Å². The van der Waals surface area contributed by atoms with Gasteiger partial charge in [0.25, 0.3) is 0 Å². The van der Waals surface area contributed by atoms with Crippen molar-refractivity contribution in [2.45, 2.75) is 38.4 Å². The maximum atomic E-state index is 11.1. The molecule has 17 heavy (non-hydrogen) atoms. The molecule has 0 amide bonds. The molecule has 0 radical (unpaired) electrons. The van der Waals surface area contributed by atoms with Gasteiger partial charge in [0.15, 0.2) is 0 Å². The average Bonchev–Trinajstić information content (AvgIpc) is 2.27. The van der Waals surface area contributed by atoms with Crippen molar-refractivity contribution in [1.82, 2.24) is 0 Å². The summed E-state index contributed by atoms with van der Waals surface area (Å²) in [6, 6.07) is 4.83. The molecule has 0 fully saturated rings. The van der Waals surface area contributed by atoms with Crippen LogP contribution in [0.5, 0.6) is 5.75 Å². The fourth-order valence-electron chi connectivity index (χ4n) is 2.20. The largest absolute Gasteiger partial charge is 0.487 e. The second kappa shape index (κ2) is 4.04. The Morgan fingerprint density at radius 2 is 2.29 bits per heavy atom. The number of aromatic carboxylic acids is 1. The van der Waals surface area contributed by atoms with E-state index in [1.807, 2.05) is 13.8 Å². The van der Waals surface area contributed by atoms with Gasteiger partial charge >= 0.3 is 5.97 Å². The number of carboxylic acid groups (broad SMARTS) is 1. The second-order valence-corrected chi connectivity index (χ2v) is 4.65. The van der Waals surface area contributed by atoms with E-state index in [1.165, 1.54) is 6.07 Å². The zero-order valence-electron chi connectivity index (χ0n) is 9.93. The minimum absolute atomic E-state index is 0.119. The second-order valence-electron chi connectivity index (χ2n) is 4.65. The highest BCUT2D eigenvalue weighted by molar-refractivity contribution is 5.90. The molecule has 0 bridgehead atoms. The Balaban J connectivity index is 2.51. The zero-order valence-corrected chi connectivity index (χ0v) is 9.93. The van der Waals surface area contributed by atoms with Gasteiger partial charge in [-0.3, -0.25) is 0 Å². The molecule has 1 aliphatic rings. The van der Waals surface area contributed by atoms with E-state index in [0.29, 0.717) is 17.7 Å². The molecular weight excluding hydrogens is 220 g/mol. The van der Waals surface area contributed by atoms with Crippen LogP contribution >= 0.6 is 0 Å². The Hall–Kier alpha value is -1.55.